The Hall–Kier alpha value is -1.29. The number of hydrogen-bond donors (Lipinski definition) is 1. The molecule has 0 fully saturated rings. The van der Waals surface area contributed by atoms with Crippen LogP contribution in [0, 0.1) is 5.39 Å². The van der Waals surface area contributed by atoms with Gasteiger partial charge in [0.1, 0.15) is 0 Å². The van der Waals surface area contributed by atoms with Crippen molar-refractivity contribution in [2.45, 2.75) is 0 Å². The van der Waals surface area contributed by atoms with Gasteiger partial charge in [-0.05, 0) is 12.1 Å². The van der Waals surface area contributed by atoms with Crippen molar-refractivity contribution in [1.29, 1.82) is 5.39 Å². The first-order valence-corrected chi connectivity index (χ1v) is 22.8. The van der Waals surface area contributed by atoms with E-state index in [0.717, 1.165) is 0 Å². The van der Waals surface area contributed by atoms with Crippen molar-refractivity contribution < 1.29 is 25.1 Å². The van der Waals surface area contributed by atoms with E-state index in [2.05, 4.69) is 10.3 Å². The number of anilines is 1. The number of carbonyl (C=O) groups is 1. The summed E-state index contributed by atoms with van der Waals surface area (Å²) in [6.07, 6.45) is 0. The van der Waals surface area contributed by atoms with E-state index in [1.54, 1.807) is 24.3 Å². The van der Waals surface area contributed by atoms with Crippen LogP contribution in [0.2, 0.25) is 0 Å². The fourth-order valence-corrected chi connectivity index (χ4v) is 1.84. The summed E-state index contributed by atoms with van der Waals surface area (Å²) >= 11 is 0. The number of hydrogen-bond acceptors (Lipinski definition) is 4. The molecule has 26 heavy (non-hydrogen) atoms. The number of carbonyl (C=O) groups excluding carboxylic acids is 1. The standard InChI is InChI=1S/C15H13N3O3.4ClH.Zn/c1-20-13-9-12(18-16)14(21-2)8-11(13)17-15(19)10-6-4-3-5-7-10;;;;;/h3-9H,1-2H3;4*1H;/q;;;;;+2/p-3. The fraction of sp³-hybridized carbons (Fsp3) is 0.133. The monoisotopic (exact) mass is 488 g/mol. The molecule has 2 rings (SSSR count). The number of nitrogens with one attached hydrogen (secondary N) is 1. The Bertz CT molecular complexity index is 789. The molecule has 2 aromatic carbocycles. The van der Waals surface area contributed by atoms with Crippen molar-refractivity contribution in [3.63, 3.8) is 0 Å². The number of rotatable bonds is 4. The third-order valence-corrected chi connectivity index (χ3v) is 2.89. The maximum absolute atomic E-state index is 12.2. The van der Waals surface area contributed by atoms with E-state index in [1.165, 1.54) is 26.4 Å². The summed E-state index contributed by atoms with van der Waals surface area (Å²) < 4.78 is 10.3. The molecule has 0 aromatic heterocycles. The van der Waals surface area contributed by atoms with E-state index in [1.807, 2.05) is 6.07 Å². The summed E-state index contributed by atoms with van der Waals surface area (Å²) in [5.41, 5.74) is 1.16. The van der Waals surface area contributed by atoms with Crippen molar-refractivity contribution in [2.75, 3.05) is 19.5 Å². The first-order valence-electron chi connectivity index (χ1n) is 7.24. The molecule has 138 valence electrons. The van der Waals surface area contributed by atoms with Gasteiger partial charge in [0.25, 0.3) is 5.91 Å². The SMILES string of the molecule is COc1cc(NC(=O)c2ccccc2)c(OC)cc1[N+]#N.[Cl][Zn-2]([Cl])([Cl])[Cl]. The Kier molecular flexibility index (Phi) is 9.42. The molecule has 1 N–H and O–H groups in total. The van der Waals surface area contributed by atoms with Crippen molar-refractivity contribution in [3.05, 3.63) is 53.0 Å². The second kappa shape index (κ2) is 10.8. The second-order valence-electron chi connectivity index (χ2n) is 4.75. The molecular formula is C15H14Cl4N3O3Zn-. The molecule has 0 spiro atoms. The molecule has 1 amide bonds. The molecule has 2 aromatic rings. The third-order valence-electron chi connectivity index (χ3n) is 2.89. The topological polar surface area (TPSA) is 75.7 Å². The Labute approximate surface area is 169 Å². The van der Waals surface area contributed by atoms with Crippen LogP contribution in [0.1, 0.15) is 10.4 Å². The van der Waals surface area contributed by atoms with Crippen LogP contribution < -0.4 is 14.8 Å². The van der Waals surface area contributed by atoms with Crippen molar-refractivity contribution in [3.8, 4) is 11.5 Å². The van der Waals surface area contributed by atoms with E-state index in [9.17, 15) is 4.79 Å². The first-order chi connectivity index (χ1) is 12.2. The predicted molar refractivity (Wildman–Crippen MR) is 102 cm³/mol. The van der Waals surface area contributed by atoms with Crippen LogP contribution in [0.4, 0.5) is 11.4 Å². The van der Waals surface area contributed by atoms with Gasteiger partial charge in [0, 0.05) is 11.6 Å². The molecule has 0 bridgehead atoms. The molecule has 0 heterocycles. The van der Waals surface area contributed by atoms with Crippen molar-refractivity contribution in [1.82, 2.24) is 0 Å². The van der Waals surface area contributed by atoms with Gasteiger partial charge in [0.15, 0.2) is 10.7 Å². The zero-order chi connectivity index (χ0) is 19.7. The van der Waals surface area contributed by atoms with Gasteiger partial charge in [-0.1, -0.05) is 18.2 Å². The summed E-state index contributed by atoms with van der Waals surface area (Å²) in [7, 11) is 19.7. The number of benzene rings is 2. The van der Waals surface area contributed by atoms with E-state index < -0.39 is 10.8 Å². The Morgan fingerprint density at radius 2 is 1.58 bits per heavy atom. The zero-order valence-corrected chi connectivity index (χ0v) is 19.9. The third kappa shape index (κ3) is 7.94. The molecule has 6 nitrogen and oxygen atoms in total. The summed E-state index contributed by atoms with van der Waals surface area (Å²) in [6.45, 7) is 0. The molecule has 0 unspecified atom stereocenters. The van der Waals surface area contributed by atoms with E-state index in [-0.39, 0.29) is 11.6 Å². The molecule has 0 saturated carbocycles. The van der Waals surface area contributed by atoms with Crippen LogP contribution in [0.5, 0.6) is 11.5 Å². The summed E-state index contributed by atoms with van der Waals surface area (Å²) in [4.78, 5) is 15.3. The second-order valence-corrected chi connectivity index (χ2v) is 32.5. The number of halogens is 4. The van der Waals surface area contributed by atoms with E-state index >= 15 is 0 Å². The molecule has 0 saturated heterocycles. The van der Waals surface area contributed by atoms with Crippen LogP contribution >= 0.6 is 38.8 Å². The minimum atomic E-state index is -3.36. The number of ether oxygens (including phenoxy) is 2. The molecule has 0 aliphatic carbocycles. The minimum absolute atomic E-state index is 0.215. The first kappa shape index (κ1) is 22.8. The molecule has 0 aliphatic heterocycles. The van der Waals surface area contributed by atoms with Gasteiger partial charge in [-0.25, -0.2) is 0 Å². The molecule has 0 atom stereocenters. The molecular weight excluding hydrogens is 477 g/mol. The quantitative estimate of drug-likeness (QED) is 0.408. The summed E-state index contributed by atoms with van der Waals surface area (Å²) in [5, 5.41) is 11.7. The normalized spacial score (nSPS) is 10.0. The van der Waals surface area contributed by atoms with Crippen molar-refractivity contribution >= 4 is 56.0 Å². The maximum atomic E-state index is 12.2. The number of amides is 1. The van der Waals surface area contributed by atoms with E-state index in [0.29, 0.717) is 22.7 Å². The Balaban J connectivity index is 0.000000597. The Morgan fingerprint density at radius 3 is 2.04 bits per heavy atom. The van der Waals surface area contributed by atoms with Gasteiger partial charge in [0.05, 0.1) is 26.0 Å². The molecule has 0 radical (unpaired) electrons. The van der Waals surface area contributed by atoms with Gasteiger partial charge < -0.3 is 14.8 Å². The average Bonchev–Trinajstić information content (AvgIpc) is 2.60. The van der Waals surface area contributed by atoms with Crippen LogP contribution in [-0.4, -0.2) is 20.1 Å². The fourth-order valence-electron chi connectivity index (χ4n) is 1.84. The summed E-state index contributed by atoms with van der Waals surface area (Å²) in [6, 6.07) is 11.8. The van der Waals surface area contributed by atoms with E-state index in [4.69, 9.17) is 53.6 Å². The van der Waals surface area contributed by atoms with Crippen LogP contribution in [0.3, 0.4) is 0 Å². The van der Waals surface area contributed by atoms with Gasteiger partial charge in [-0.3, -0.25) is 4.79 Å². The molecule has 0 aliphatic rings. The summed E-state index contributed by atoms with van der Waals surface area (Å²) in [5.74, 6) is 0.416. The molecule has 11 heteroatoms. The van der Waals surface area contributed by atoms with Gasteiger partial charge in [0.2, 0.25) is 11.1 Å². The number of methoxy groups -OCH3 is 2. The van der Waals surface area contributed by atoms with Crippen LogP contribution in [-0.2, 0) is 10.8 Å². The van der Waals surface area contributed by atoms with Crippen LogP contribution in [0.25, 0.3) is 4.98 Å². The van der Waals surface area contributed by atoms with Gasteiger partial charge in [-0.15, -0.1) is 0 Å². The number of diazo groups is 1. The van der Waals surface area contributed by atoms with Gasteiger partial charge >= 0.3 is 55.3 Å². The van der Waals surface area contributed by atoms with Crippen LogP contribution in [0.15, 0.2) is 42.5 Å². The predicted octanol–water partition coefficient (Wildman–Crippen LogP) is 6.20. The van der Waals surface area contributed by atoms with Crippen molar-refractivity contribution in [2.24, 2.45) is 0 Å². The zero-order valence-electron chi connectivity index (χ0n) is 13.9. The Morgan fingerprint density at radius 1 is 1.04 bits per heavy atom. The van der Waals surface area contributed by atoms with Gasteiger partial charge in [-0.2, -0.15) is 0 Å². The average molecular weight is 491 g/mol. The number of nitrogens with zero attached hydrogens (tertiary/aromatic N) is 2.